The number of carbonyl (C=O) groups is 1. The van der Waals surface area contributed by atoms with Gasteiger partial charge in [0, 0.05) is 13.1 Å². The Morgan fingerprint density at radius 1 is 0.758 bits per heavy atom. The second-order valence-corrected chi connectivity index (χ2v) is 14.1. The molecule has 1 N–H and O–H groups in total. The van der Waals surface area contributed by atoms with Crippen molar-refractivity contribution in [1.29, 1.82) is 0 Å². The summed E-state index contributed by atoms with van der Waals surface area (Å²) in [6.07, 6.45) is 17.5. The van der Waals surface area contributed by atoms with Crippen molar-refractivity contribution >= 4 is 5.91 Å². The Hall–Kier alpha value is -0.570. The summed E-state index contributed by atoms with van der Waals surface area (Å²) >= 11 is 0. The van der Waals surface area contributed by atoms with E-state index in [1.165, 1.54) is 83.5 Å². The van der Waals surface area contributed by atoms with Crippen LogP contribution in [0.3, 0.4) is 0 Å². The van der Waals surface area contributed by atoms with Gasteiger partial charge in [-0.3, -0.25) is 4.79 Å². The lowest BCUT2D eigenvalue weighted by molar-refractivity contribution is -0.198. The lowest BCUT2D eigenvalue weighted by Crippen LogP contribution is -2.62. The Labute approximate surface area is 202 Å². The number of aliphatic hydroxyl groups excluding tert-OH is 1. The number of aliphatic hydroxyl groups is 1. The molecule has 0 aromatic rings. The van der Waals surface area contributed by atoms with Gasteiger partial charge in [-0.15, -0.1) is 0 Å². The number of amides is 1. The highest BCUT2D eigenvalue weighted by molar-refractivity contribution is 5.83. The van der Waals surface area contributed by atoms with Crippen LogP contribution in [0, 0.1) is 51.8 Å². The summed E-state index contributed by atoms with van der Waals surface area (Å²) in [6, 6.07) is 0. The van der Waals surface area contributed by atoms with Crippen molar-refractivity contribution in [2.45, 2.75) is 117 Å². The number of likely N-dealkylation sites (tertiary alicyclic amines) is 1. The molecule has 0 bridgehead atoms. The Morgan fingerprint density at radius 3 is 2.24 bits per heavy atom. The molecule has 10 atom stereocenters. The van der Waals surface area contributed by atoms with Crippen LogP contribution in [0.15, 0.2) is 0 Å². The number of hydrogen-bond donors (Lipinski definition) is 1. The van der Waals surface area contributed by atoms with E-state index in [-0.39, 0.29) is 11.5 Å². The fraction of sp³-hybridized carbons (Fsp3) is 0.967. The van der Waals surface area contributed by atoms with Crippen LogP contribution in [0.4, 0.5) is 0 Å². The van der Waals surface area contributed by atoms with Crippen LogP contribution in [0.25, 0.3) is 0 Å². The summed E-state index contributed by atoms with van der Waals surface area (Å²) in [5, 5.41) is 10.6. The lowest BCUT2D eigenvalue weighted by atomic mass is 9.37. The molecule has 1 aliphatic heterocycles. The maximum atomic E-state index is 14.0. The van der Waals surface area contributed by atoms with E-state index in [2.05, 4.69) is 25.7 Å². The standard InChI is InChI=1S/C30H49NO2/c1-20-22-11-15-29(3)23-12-17-30(27(33)31-18-5-4-6-19-31)14-7-8-24(30)21(23)9-10-26(29)28(22,2)16-13-25(20)32/h20-26,32H,4-19H2,1-3H3. The summed E-state index contributed by atoms with van der Waals surface area (Å²) in [7, 11) is 0. The van der Waals surface area contributed by atoms with Gasteiger partial charge in [-0.1, -0.05) is 27.2 Å². The second-order valence-electron chi connectivity index (χ2n) is 14.1. The van der Waals surface area contributed by atoms with Crippen molar-refractivity contribution in [1.82, 2.24) is 4.90 Å². The van der Waals surface area contributed by atoms with Crippen LogP contribution >= 0.6 is 0 Å². The SMILES string of the molecule is CC1C(O)CCC2(C)C1CCC1(C)C3CCC4(C(=O)N5CCCCC5)CCCC4C3CCC21. The minimum absolute atomic E-state index is 0.00767. The fourth-order valence-electron chi connectivity index (χ4n) is 11.6. The quantitative estimate of drug-likeness (QED) is 0.494. The number of rotatable bonds is 1. The summed E-state index contributed by atoms with van der Waals surface area (Å²) in [4.78, 5) is 16.3. The summed E-state index contributed by atoms with van der Waals surface area (Å²) < 4.78 is 0. The van der Waals surface area contributed by atoms with Gasteiger partial charge < -0.3 is 10.0 Å². The van der Waals surface area contributed by atoms with Crippen LogP contribution < -0.4 is 0 Å². The molecular formula is C30H49NO2. The van der Waals surface area contributed by atoms with Gasteiger partial charge in [-0.05, 0) is 130 Å². The van der Waals surface area contributed by atoms with Crippen molar-refractivity contribution in [2.24, 2.45) is 51.8 Å². The molecule has 0 aromatic heterocycles. The molecule has 1 heterocycles. The number of carbonyl (C=O) groups excluding carboxylic acids is 1. The molecular weight excluding hydrogens is 406 g/mol. The monoisotopic (exact) mass is 455 g/mol. The maximum Gasteiger partial charge on any atom is 0.229 e. The minimum Gasteiger partial charge on any atom is -0.393 e. The molecule has 0 radical (unpaired) electrons. The summed E-state index contributed by atoms with van der Waals surface area (Å²) in [6.45, 7) is 9.67. The first kappa shape index (κ1) is 22.9. The fourth-order valence-corrected chi connectivity index (χ4v) is 11.6. The van der Waals surface area contributed by atoms with E-state index < -0.39 is 0 Å². The van der Waals surface area contributed by atoms with E-state index in [4.69, 9.17) is 0 Å². The Balaban J connectivity index is 1.28. The Bertz CT molecular complexity index is 775. The highest BCUT2D eigenvalue weighted by Crippen LogP contribution is 2.71. The van der Waals surface area contributed by atoms with Crippen molar-refractivity contribution in [3.63, 3.8) is 0 Å². The van der Waals surface area contributed by atoms with Gasteiger partial charge >= 0.3 is 0 Å². The molecule has 5 saturated carbocycles. The van der Waals surface area contributed by atoms with Crippen molar-refractivity contribution in [3.8, 4) is 0 Å². The predicted octanol–water partition coefficient (Wildman–Crippen LogP) is 6.44. The van der Waals surface area contributed by atoms with Gasteiger partial charge in [0.15, 0.2) is 0 Å². The average molecular weight is 456 g/mol. The zero-order valence-electron chi connectivity index (χ0n) is 21.7. The van der Waals surface area contributed by atoms with Gasteiger partial charge in [0.2, 0.25) is 5.91 Å². The van der Waals surface area contributed by atoms with E-state index in [0.717, 1.165) is 37.3 Å². The topological polar surface area (TPSA) is 40.5 Å². The lowest BCUT2D eigenvalue weighted by Gasteiger charge is -2.67. The number of fused-ring (bicyclic) bond motifs is 7. The van der Waals surface area contributed by atoms with E-state index >= 15 is 0 Å². The molecule has 3 heteroatoms. The Kier molecular flexibility index (Phi) is 5.52. The Morgan fingerprint density at radius 2 is 1.45 bits per heavy atom. The average Bonchev–Trinajstić information content (AvgIpc) is 3.27. The number of nitrogens with zero attached hydrogens (tertiary/aromatic N) is 1. The highest BCUT2D eigenvalue weighted by Gasteiger charge is 2.66. The van der Waals surface area contributed by atoms with Crippen LogP contribution in [-0.2, 0) is 4.79 Å². The minimum atomic E-state index is -0.0849. The number of piperidine rings is 1. The smallest absolute Gasteiger partial charge is 0.229 e. The van der Waals surface area contributed by atoms with Crippen LogP contribution in [0.2, 0.25) is 0 Å². The first-order valence-electron chi connectivity index (χ1n) is 14.8. The van der Waals surface area contributed by atoms with Gasteiger partial charge in [0.25, 0.3) is 0 Å². The van der Waals surface area contributed by atoms with Gasteiger partial charge in [-0.25, -0.2) is 0 Å². The van der Waals surface area contributed by atoms with E-state index in [1.54, 1.807) is 0 Å². The van der Waals surface area contributed by atoms with E-state index in [1.807, 2.05) is 0 Å². The van der Waals surface area contributed by atoms with Crippen molar-refractivity contribution < 1.29 is 9.90 Å². The second kappa shape index (κ2) is 7.97. The van der Waals surface area contributed by atoms with Gasteiger partial charge in [-0.2, -0.15) is 0 Å². The molecule has 186 valence electrons. The van der Waals surface area contributed by atoms with Crippen LogP contribution in [-0.4, -0.2) is 35.1 Å². The molecule has 1 saturated heterocycles. The summed E-state index contributed by atoms with van der Waals surface area (Å²) in [5.41, 5.74) is 0.843. The normalized spacial score (nSPS) is 54.1. The molecule has 0 spiro atoms. The molecule has 6 rings (SSSR count). The number of hydrogen-bond acceptors (Lipinski definition) is 2. The van der Waals surface area contributed by atoms with E-state index in [9.17, 15) is 9.90 Å². The maximum absolute atomic E-state index is 14.0. The van der Waals surface area contributed by atoms with Gasteiger partial charge in [0.1, 0.15) is 0 Å². The molecule has 33 heavy (non-hydrogen) atoms. The van der Waals surface area contributed by atoms with Gasteiger partial charge in [0.05, 0.1) is 11.5 Å². The van der Waals surface area contributed by atoms with Crippen molar-refractivity contribution in [2.75, 3.05) is 13.1 Å². The van der Waals surface area contributed by atoms with E-state index in [0.29, 0.717) is 34.5 Å². The largest absolute Gasteiger partial charge is 0.393 e. The molecule has 5 aliphatic carbocycles. The third-order valence-electron chi connectivity index (χ3n) is 13.1. The molecule has 1 amide bonds. The molecule has 0 aromatic carbocycles. The molecule has 6 aliphatic rings. The zero-order valence-corrected chi connectivity index (χ0v) is 21.7. The van der Waals surface area contributed by atoms with Crippen LogP contribution in [0.5, 0.6) is 0 Å². The summed E-state index contributed by atoms with van der Waals surface area (Å²) in [5.74, 6) is 4.80. The predicted molar refractivity (Wildman–Crippen MR) is 132 cm³/mol. The third-order valence-corrected chi connectivity index (χ3v) is 13.1. The first-order chi connectivity index (χ1) is 15.8. The van der Waals surface area contributed by atoms with Crippen LogP contribution in [0.1, 0.15) is 111 Å². The molecule has 6 fully saturated rings. The first-order valence-corrected chi connectivity index (χ1v) is 14.8. The third kappa shape index (κ3) is 3.12. The zero-order chi connectivity index (χ0) is 23.0. The molecule has 10 unspecified atom stereocenters. The highest BCUT2D eigenvalue weighted by atomic mass is 16.3. The van der Waals surface area contributed by atoms with Crippen molar-refractivity contribution in [3.05, 3.63) is 0 Å². The molecule has 3 nitrogen and oxygen atoms in total.